The molecule has 3 heterocycles. The number of para-hydroxylation sites is 4. The van der Waals surface area contributed by atoms with Crippen LogP contribution in [-0.4, -0.2) is 57.5 Å². The number of hydrogen-bond acceptors (Lipinski definition) is 5. The Labute approximate surface area is 187 Å². The number of hydrogen-bond donors (Lipinski definition) is 2. The van der Waals surface area contributed by atoms with Gasteiger partial charge in [-0.3, -0.25) is 4.57 Å². The van der Waals surface area contributed by atoms with Crippen molar-refractivity contribution in [1.29, 1.82) is 0 Å². The number of benzene rings is 2. The van der Waals surface area contributed by atoms with Crippen molar-refractivity contribution >= 4 is 23.4 Å². The number of aliphatic hydroxyl groups is 1. The molecule has 1 aromatic heterocycles. The van der Waals surface area contributed by atoms with E-state index in [1.807, 2.05) is 60.0 Å². The first-order valence-electron chi connectivity index (χ1n) is 10.5. The zero-order valence-corrected chi connectivity index (χ0v) is 18.3. The molecule has 0 amide bonds. The van der Waals surface area contributed by atoms with Crippen LogP contribution in [0.3, 0.4) is 0 Å². The Morgan fingerprint density at radius 3 is 2.58 bits per heavy atom. The fourth-order valence-electron chi connectivity index (χ4n) is 4.55. The number of likely N-dealkylation sites (tertiary alicyclic amines) is 1. The predicted octanol–water partition coefficient (Wildman–Crippen LogP) is 2.98. The van der Waals surface area contributed by atoms with Crippen molar-refractivity contribution in [3.8, 4) is 11.5 Å². The standard InChI is InChI=1S/C23H27N3O4.ClH/c1-23(15-29-19-8-4-5-9-20(19)30-23)21(27)14-25-12-10-16(11-13-25)26-18-7-3-2-6-17(18)24-22(26)28;/h2-9,16,21,27H,10-15H2,1H3,(H,24,28);1H. The molecule has 0 saturated carbocycles. The molecule has 2 aliphatic heterocycles. The lowest BCUT2D eigenvalue weighted by atomic mass is 9.96. The number of halogens is 1. The first-order chi connectivity index (χ1) is 14.5. The maximum Gasteiger partial charge on any atom is 0.326 e. The highest BCUT2D eigenvalue weighted by atomic mass is 35.5. The molecule has 2 aromatic carbocycles. The van der Waals surface area contributed by atoms with Gasteiger partial charge in [-0.2, -0.15) is 0 Å². The maximum absolute atomic E-state index is 12.5. The average molecular weight is 446 g/mol. The van der Waals surface area contributed by atoms with Crippen LogP contribution in [0.2, 0.25) is 0 Å². The van der Waals surface area contributed by atoms with Crippen molar-refractivity contribution in [3.05, 3.63) is 59.0 Å². The van der Waals surface area contributed by atoms with Crippen molar-refractivity contribution < 1.29 is 14.6 Å². The number of aromatic nitrogens is 2. The number of fused-ring (bicyclic) bond motifs is 2. The molecule has 3 aromatic rings. The van der Waals surface area contributed by atoms with Crippen LogP contribution in [0.5, 0.6) is 11.5 Å². The number of β-amino-alcohol motifs (C(OH)–C–C–N with tert-alkyl or cyclic N) is 1. The van der Waals surface area contributed by atoms with E-state index in [9.17, 15) is 9.90 Å². The average Bonchev–Trinajstić information content (AvgIpc) is 3.10. The van der Waals surface area contributed by atoms with E-state index in [1.165, 1.54) is 0 Å². The minimum atomic E-state index is -0.793. The van der Waals surface area contributed by atoms with Crippen LogP contribution in [0.15, 0.2) is 53.3 Å². The van der Waals surface area contributed by atoms with Crippen LogP contribution in [0.4, 0.5) is 0 Å². The molecule has 0 aliphatic carbocycles. The highest BCUT2D eigenvalue weighted by molar-refractivity contribution is 5.85. The Hall–Kier alpha value is -2.48. The van der Waals surface area contributed by atoms with Gasteiger partial charge in [0.2, 0.25) is 0 Å². The molecular weight excluding hydrogens is 418 g/mol. The van der Waals surface area contributed by atoms with Crippen LogP contribution in [0, 0.1) is 0 Å². The van der Waals surface area contributed by atoms with Crippen molar-refractivity contribution in [3.63, 3.8) is 0 Å². The number of aromatic amines is 1. The van der Waals surface area contributed by atoms with E-state index in [4.69, 9.17) is 9.47 Å². The number of imidazole rings is 1. The molecule has 2 aliphatic rings. The number of H-pyrrole nitrogens is 1. The molecular formula is C23H28ClN3O4. The molecule has 166 valence electrons. The first-order valence-corrected chi connectivity index (χ1v) is 10.5. The van der Waals surface area contributed by atoms with E-state index in [0.29, 0.717) is 24.7 Å². The predicted molar refractivity (Wildman–Crippen MR) is 121 cm³/mol. The molecule has 0 radical (unpaired) electrons. The lowest BCUT2D eigenvalue weighted by molar-refractivity contribution is -0.0952. The molecule has 5 rings (SSSR count). The molecule has 0 spiro atoms. The zero-order chi connectivity index (χ0) is 20.7. The van der Waals surface area contributed by atoms with Crippen LogP contribution in [-0.2, 0) is 0 Å². The maximum atomic E-state index is 12.5. The van der Waals surface area contributed by atoms with E-state index in [-0.39, 0.29) is 24.1 Å². The van der Waals surface area contributed by atoms with Gasteiger partial charge in [0, 0.05) is 25.7 Å². The molecule has 1 saturated heterocycles. The van der Waals surface area contributed by atoms with E-state index in [2.05, 4.69) is 9.88 Å². The number of ether oxygens (including phenoxy) is 2. The largest absolute Gasteiger partial charge is 0.485 e. The van der Waals surface area contributed by atoms with Crippen molar-refractivity contribution in [1.82, 2.24) is 14.5 Å². The third-order valence-corrected chi connectivity index (χ3v) is 6.39. The molecule has 0 bridgehead atoms. The SMILES string of the molecule is CC1(C(O)CN2CCC(n3c(=O)[nH]c4ccccc43)CC2)COc2ccccc2O1.Cl. The summed E-state index contributed by atoms with van der Waals surface area (Å²) in [7, 11) is 0. The fourth-order valence-corrected chi connectivity index (χ4v) is 4.55. The van der Waals surface area contributed by atoms with E-state index in [1.54, 1.807) is 0 Å². The number of rotatable bonds is 4. The summed E-state index contributed by atoms with van der Waals surface area (Å²) in [5, 5.41) is 10.9. The molecule has 2 atom stereocenters. The lowest BCUT2D eigenvalue weighted by Gasteiger charge is -2.41. The van der Waals surface area contributed by atoms with E-state index >= 15 is 0 Å². The Morgan fingerprint density at radius 2 is 1.81 bits per heavy atom. The summed E-state index contributed by atoms with van der Waals surface area (Å²) < 4.78 is 13.8. The van der Waals surface area contributed by atoms with Crippen LogP contribution >= 0.6 is 12.4 Å². The van der Waals surface area contributed by atoms with Gasteiger partial charge < -0.3 is 24.5 Å². The Kier molecular flexibility index (Phi) is 6.01. The summed E-state index contributed by atoms with van der Waals surface area (Å²) in [5.74, 6) is 1.38. The van der Waals surface area contributed by atoms with Crippen molar-refractivity contribution in [2.24, 2.45) is 0 Å². The molecule has 2 N–H and O–H groups in total. The normalized spacial score (nSPS) is 22.8. The number of nitrogens with one attached hydrogen (secondary N) is 1. The smallest absolute Gasteiger partial charge is 0.326 e. The van der Waals surface area contributed by atoms with Crippen molar-refractivity contribution in [2.45, 2.75) is 37.5 Å². The summed E-state index contributed by atoms with van der Waals surface area (Å²) in [6.45, 7) is 4.36. The third kappa shape index (κ3) is 4.05. The van der Waals surface area contributed by atoms with Gasteiger partial charge in [-0.1, -0.05) is 24.3 Å². The van der Waals surface area contributed by atoms with E-state index < -0.39 is 11.7 Å². The summed E-state index contributed by atoms with van der Waals surface area (Å²) >= 11 is 0. The third-order valence-electron chi connectivity index (χ3n) is 6.39. The Morgan fingerprint density at radius 1 is 1.13 bits per heavy atom. The van der Waals surface area contributed by atoms with E-state index in [0.717, 1.165) is 37.0 Å². The van der Waals surface area contributed by atoms with Gasteiger partial charge >= 0.3 is 5.69 Å². The van der Waals surface area contributed by atoms with Gasteiger partial charge in [-0.05, 0) is 44.0 Å². The van der Waals surface area contributed by atoms with Gasteiger partial charge in [-0.15, -0.1) is 12.4 Å². The van der Waals surface area contributed by atoms with Crippen LogP contribution in [0.1, 0.15) is 25.8 Å². The molecule has 1 fully saturated rings. The molecule has 31 heavy (non-hydrogen) atoms. The summed E-state index contributed by atoms with van der Waals surface area (Å²) in [6.07, 6.45) is 1.05. The monoisotopic (exact) mass is 445 g/mol. The topological polar surface area (TPSA) is 79.7 Å². The van der Waals surface area contributed by atoms with Crippen molar-refractivity contribution in [2.75, 3.05) is 26.2 Å². The minimum absolute atomic E-state index is 0. The van der Waals surface area contributed by atoms with Gasteiger partial charge in [0.1, 0.15) is 12.7 Å². The van der Waals surface area contributed by atoms with Gasteiger partial charge in [-0.25, -0.2) is 4.79 Å². The molecule has 8 heteroatoms. The second kappa shape index (κ2) is 8.57. The second-order valence-corrected chi connectivity index (χ2v) is 8.52. The van der Waals surface area contributed by atoms with Gasteiger partial charge in [0.25, 0.3) is 0 Å². The number of aliphatic hydroxyl groups excluding tert-OH is 1. The molecule has 7 nitrogen and oxygen atoms in total. The Balaban J connectivity index is 0.00000231. The first kappa shape index (κ1) is 21.7. The molecule has 2 unspecified atom stereocenters. The summed E-state index contributed by atoms with van der Waals surface area (Å²) in [6, 6.07) is 15.5. The summed E-state index contributed by atoms with van der Waals surface area (Å²) in [4.78, 5) is 17.7. The van der Waals surface area contributed by atoms with Gasteiger partial charge in [0.15, 0.2) is 17.1 Å². The van der Waals surface area contributed by atoms with Crippen LogP contribution in [0.25, 0.3) is 11.0 Å². The Bertz CT molecular complexity index is 1110. The number of nitrogens with zero attached hydrogens (tertiary/aromatic N) is 2. The quantitative estimate of drug-likeness (QED) is 0.645. The van der Waals surface area contributed by atoms with Crippen LogP contribution < -0.4 is 15.2 Å². The number of piperidine rings is 1. The highest BCUT2D eigenvalue weighted by Crippen LogP contribution is 2.36. The zero-order valence-electron chi connectivity index (χ0n) is 17.5. The minimum Gasteiger partial charge on any atom is -0.485 e. The fraction of sp³-hybridized carbons (Fsp3) is 0.435. The van der Waals surface area contributed by atoms with Gasteiger partial charge in [0.05, 0.1) is 11.0 Å². The second-order valence-electron chi connectivity index (χ2n) is 8.52. The summed E-state index contributed by atoms with van der Waals surface area (Å²) in [5.41, 5.74) is 0.996. The highest BCUT2D eigenvalue weighted by Gasteiger charge is 2.41. The lowest BCUT2D eigenvalue weighted by Crippen LogP contribution is -2.56.